The Balaban J connectivity index is 1.53. The van der Waals surface area contributed by atoms with Crippen LogP contribution in [-0.2, 0) is 29.1 Å². The molecule has 1 N–H and O–H groups in total. The van der Waals surface area contributed by atoms with Crippen LogP contribution in [0.15, 0.2) is 4.79 Å². The fraction of sp³-hybridized carbons (Fsp3) is 0.769. The van der Waals surface area contributed by atoms with E-state index in [1.165, 1.54) is 23.9 Å². The zero-order valence-corrected chi connectivity index (χ0v) is 11.5. The minimum atomic E-state index is -0.332. The Hall–Kier alpha value is -1.63. The Morgan fingerprint density at radius 3 is 2.90 bits per heavy atom. The highest BCUT2D eigenvalue weighted by Crippen LogP contribution is 2.25. The number of nitrogens with zero attached hydrogens (tertiary/aromatic N) is 3. The fourth-order valence-electron chi connectivity index (χ4n) is 2.62. The maximum atomic E-state index is 12.0. The Morgan fingerprint density at radius 2 is 2.20 bits per heavy atom. The zero-order valence-electron chi connectivity index (χ0n) is 11.5. The Bertz CT molecular complexity index is 544. The summed E-state index contributed by atoms with van der Waals surface area (Å²) < 4.78 is 2.88. The Kier molecular flexibility index (Phi) is 3.86. The molecule has 20 heavy (non-hydrogen) atoms. The average Bonchev–Trinajstić information content (AvgIpc) is 2.70. The van der Waals surface area contributed by atoms with Gasteiger partial charge in [-0.2, -0.15) is 5.10 Å². The van der Waals surface area contributed by atoms with Gasteiger partial charge in [0.1, 0.15) is 12.4 Å². The molecule has 0 saturated heterocycles. The number of aromatic nitrogens is 3. The van der Waals surface area contributed by atoms with Crippen LogP contribution in [0.1, 0.15) is 37.9 Å². The number of aryl methyl sites for hydroxylation is 1. The third-order valence-corrected chi connectivity index (χ3v) is 4.05. The van der Waals surface area contributed by atoms with E-state index < -0.39 is 0 Å². The number of carbonyl (C=O) groups is 1. The van der Waals surface area contributed by atoms with E-state index in [4.69, 9.17) is 4.84 Å². The lowest BCUT2D eigenvalue weighted by molar-refractivity contribution is -0.136. The van der Waals surface area contributed by atoms with E-state index in [-0.39, 0.29) is 18.1 Å². The lowest BCUT2D eigenvalue weighted by Gasteiger charge is -2.24. The molecule has 1 aliphatic heterocycles. The highest BCUT2D eigenvalue weighted by Gasteiger charge is 2.19. The van der Waals surface area contributed by atoms with Crippen LogP contribution in [0, 0.1) is 5.92 Å². The molecule has 0 unspecified atom stereocenters. The van der Waals surface area contributed by atoms with Crippen molar-refractivity contribution in [2.75, 3.05) is 6.61 Å². The van der Waals surface area contributed by atoms with Gasteiger partial charge in [-0.3, -0.25) is 14.2 Å². The first-order chi connectivity index (χ1) is 9.74. The van der Waals surface area contributed by atoms with Crippen LogP contribution in [0.5, 0.6) is 0 Å². The Morgan fingerprint density at radius 1 is 1.35 bits per heavy atom. The minimum Gasteiger partial charge on any atom is -0.279 e. The molecule has 1 aromatic heterocycles. The van der Waals surface area contributed by atoms with Crippen LogP contribution in [-0.4, -0.2) is 26.9 Å². The summed E-state index contributed by atoms with van der Waals surface area (Å²) in [5, 5.41) is 4.21. The summed E-state index contributed by atoms with van der Waals surface area (Å²) in [6.45, 7) is 1.18. The summed E-state index contributed by atoms with van der Waals surface area (Å²) in [4.78, 5) is 28.9. The van der Waals surface area contributed by atoms with E-state index in [9.17, 15) is 9.59 Å². The fourth-order valence-corrected chi connectivity index (χ4v) is 2.62. The van der Waals surface area contributed by atoms with Gasteiger partial charge in [0.15, 0.2) is 0 Å². The van der Waals surface area contributed by atoms with Crippen LogP contribution in [0.3, 0.4) is 0 Å². The molecule has 0 aromatic carbocycles. The van der Waals surface area contributed by atoms with Gasteiger partial charge in [-0.15, -0.1) is 0 Å². The summed E-state index contributed by atoms with van der Waals surface area (Å²) in [7, 11) is 0. The standard InChI is InChI=1S/C13H20N4O3/c18-12(15-20-9-10-4-3-5-10)8-17-13(19)16-7-2-1-6-11(16)14-17/h10H,1-9H2,(H,15,18). The maximum Gasteiger partial charge on any atom is 0.346 e. The first-order valence-electron chi connectivity index (χ1n) is 7.31. The van der Waals surface area contributed by atoms with E-state index in [0.717, 1.165) is 25.1 Å². The van der Waals surface area contributed by atoms with Crippen molar-refractivity contribution in [3.63, 3.8) is 0 Å². The normalized spacial score (nSPS) is 18.4. The van der Waals surface area contributed by atoms with Crippen molar-refractivity contribution in [1.82, 2.24) is 19.8 Å². The molecule has 1 fully saturated rings. The highest BCUT2D eigenvalue weighted by atomic mass is 16.7. The Labute approximate surface area is 116 Å². The predicted octanol–water partition coefficient (Wildman–Crippen LogP) is 0.229. The molecule has 0 spiro atoms. The lowest BCUT2D eigenvalue weighted by atomic mass is 9.86. The summed E-state index contributed by atoms with van der Waals surface area (Å²) in [6, 6.07) is 0. The monoisotopic (exact) mass is 280 g/mol. The van der Waals surface area contributed by atoms with Crippen molar-refractivity contribution in [3.8, 4) is 0 Å². The molecule has 7 heteroatoms. The summed E-state index contributed by atoms with van der Waals surface area (Å²) in [6.07, 6.45) is 6.44. The van der Waals surface area contributed by atoms with E-state index in [2.05, 4.69) is 10.6 Å². The van der Waals surface area contributed by atoms with Crippen LogP contribution < -0.4 is 11.2 Å². The van der Waals surface area contributed by atoms with Gasteiger partial charge in [0.2, 0.25) is 0 Å². The van der Waals surface area contributed by atoms with Crippen LogP contribution in [0.2, 0.25) is 0 Å². The molecular formula is C13H20N4O3. The maximum absolute atomic E-state index is 12.0. The van der Waals surface area contributed by atoms with Crippen molar-refractivity contribution in [3.05, 3.63) is 16.3 Å². The average molecular weight is 280 g/mol. The van der Waals surface area contributed by atoms with Gasteiger partial charge < -0.3 is 0 Å². The molecule has 0 atom stereocenters. The number of fused-ring (bicyclic) bond motifs is 1. The zero-order chi connectivity index (χ0) is 13.9. The van der Waals surface area contributed by atoms with E-state index in [0.29, 0.717) is 19.1 Å². The van der Waals surface area contributed by atoms with Gasteiger partial charge in [-0.1, -0.05) is 6.42 Å². The number of rotatable bonds is 5. The summed E-state index contributed by atoms with van der Waals surface area (Å²) in [5.74, 6) is 1.02. The second kappa shape index (κ2) is 5.78. The van der Waals surface area contributed by atoms with Gasteiger partial charge in [0.05, 0.1) is 6.61 Å². The number of carbonyl (C=O) groups excluding carboxylic acids is 1. The van der Waals surface area contributed by atoms with Gasteiger partial charge in [0, 0.05) is 13.0 Å². The van der Waals surface area contributed by atoms with Crippen molar-refractivity contribution >= 4 is 5.91 Å². The number of hydroxylamine groups is 1. The molecule has 0 radical (unpaired) electrons. The van der Waals surface area contributed by atoms with Gasteiger partial charge in [0.25, 0.3) is 5.91 Å². The van der Waals surface area contributed by atoms with Gasteiger partial charge in [-0.05, 0) is 31.6 Å². The largest absolute Gasteiger partial charge is 0.346 e. The molecule has 7 nitrogen and oxygen atoms in total. The first kappa shape index (κ1) is 13.4. The predicted molar refractivity (Wildman–Crippen MR) is 70.9 cm³/mol. The van der Waals surface area contributed by atoms with Crippen molar-refractivity contribution in [2.24, 2.45) is 5.92 Å². The number of hydrogen-bond acceptors (Lipinski definition) is 4. The molecule has 0 bridgehead atoms. The number of amides is 1. The topological polar surface area (TPSA) is 78.2 Å². The van der Waals surface area contributed by atoms with Crippen molar-refractivity contribution in [2.45, 2.75) is 51.6 Å². The van der Waals surface area contributed by atoms with Crippen LogP contribution >= 0.6 is 0 Å². The van der Waals surface area contributed by atoms with E-state index >= 15 is 0 Å². The van der Waals surface area contributed by atoms with E-state index in [1.807, 2.05) is 0 Å². The molecular weight excluding hydrogens is 260 g/mol. The highest BCUT2D eigenvalue weighted by molar-refractivity contribution is 5.74. The number of nitrogens with one attached hydrogen (secondary N) is 1. The third-order valence-electron chi connectivity index (χ3n) is 4.05. The van der Waals surface area contributed by atoms with Crippen molar-refractivity contribution < 1.29 is 9.63 Å². The second-order valence-corrected chi connectivity index (χ2v) is 5.60. The molecule has 2 aliphatic rings. The molecule has 2 heterocycles. The van der Waals surface area contributed by atoms with Gasteiger partial charge >= 0.3 is 5.69 Å². The smallest absolute Gasteiger partial charge is 0.279 e. The van der Waals surface area contributed by atoms with E-state index in [1.54, 1.807) is 4.57 Å². The molecule has 1 saturated carbocycles. The number of hydrogen-bond donors (Lipinski definition) is 1. The quantitative estimate of drug-likeness (QED) is 0.783. The van der Waals surface area contributed by atoms with Crippen LogP contribution in [0.25, 0.3) is 0 Å². The molecule has 1 aromatic rings. The minimum absolute atomic E-state index is 0.0799. The SMILES string of the molecule is O=C(Cn1nc2n(c1=O)CCCC2)NOCC1CCC1. The van der Waals surface area contributed by atoms with Crippen LogP contribution in [0.4, 0.5) is 0 Å². The molecule has 110 valence electrons. The third kappa shape index (κ3) is 2.77. The molecule has 1 aliphatic carbocycles. The van der Waals surface area contributed by atoms with Gasteiger partial charge in [-0.25, -0.2) is 15.0 Å². The second-order valence-electron chi connectivity index (χ2n) is 5.60. The summed E-state index contributed by atoms with van der Waals surface area (Å²) in [5.41, 5.74) is 2.19. The summed E-state index contributed by atoms with van der Waals surface area (Å²) >= 11 is 0. The van der Waals surface area contributed by atoms with Crippen molar-refractivity contribution in [1.29, 1.82) is 0 Å². The molecule has 1 amide bonds. The first-order valence-corrected chi connectivity index (χ1v) is 7.31. The molecule has 3 rings (SSSR count). The lowest BCUT2D eigenvalue weighted by Crippen LogP contribution is -2.35.